The van der Waals surface area contributed by atoms with Crippen LogP contribution in [0.15, 0.2) is 6.33 Å². The van der Waals surface area contributed by atoms with Gasteiger partial charge in [-0.3, -0.25) is 0 Å². The number of hydrogen-bond donors (Lipinski definition) is 1. The molecule has 2 heterocycles. The summed E-state index contributed by atoms with van der Waals surface area (Å²) >= 11 is 12.5. The number of rotatable bonds is 0. The SMILES string of the molecule is Cc1c(Cl)sc2nc[nH]c(=S)c12. The van der Waals surface area contributed by atoms with E-state index in [1.807, 2.05) is 6.92 Å². The van der Waals surface area contributed by atoms with Crippen LogP contribution >= 0.6 is 35.2 Å². The molecule has 12 heavy (non-hydrogen) atoms. The summed E-state index contributed by atoms with van der Waals surface area (Å²) in [4.78, 5) is 7.92. The molecule has 2 rings (SSSR count). The van der Waals surface area contributed by atoms with Gasteiger partial charge in [0.1, 0.15) is 9.47 Å². The number of aryl methyl sites for hydroxylation is 1. The molecule has 5 heteroatoms. The number of fused-ring (bicyclic) bond motifs is 1. The molecule has 62 valence electrons. The maximum absolute atomic E-state index is 5.94. The molecule has 0 aliphatic carbocycles. The predicted molar refractivity (Wildman–Crippen MR) is 54.6 cm³/mol. The monoisotopic (exact) mass is 216 g/mol. The molecule has 2 aromatic heterocycles. The van der Waals surface area contributed by atoms with Crippen molar-refractivity contribution >= 4 is 45.4 Å². The Bertz CT molecular complexity index is 486. The number of thiophene rings is 1. The Morgan fingerprint density at radius 1 is 1.67 bits per heavy atom. The van der Waals surface area contributed by atoms with E-state index in [0.717, 1.165) is 20.1 Å². The van der Waals surface area contributed by atoms with Gasteiger partial charge in [-0.1, -0.05) is 23.8 Å². The number of nitrogens with zero attached hydrogens (tertiary/aromatic N) is 1. The first kappa shape index (κ1) is 8.16. The van der Waals surface area contributed by atoms with Crippen LogP contribution in [0.25, 0.3) is 10.2 Å². The lowest BCUT2D eigenvalue weighted by Gasteiger charge is -1.89. The van der Waals surface area contributed by atoms with E-state index in [4.69, 9.17) is 23.8 Å². The Morgan fingerprint density at radius 2 is 2.42 bits per heavy atom. The first-order chi connectivity index (χ1) is 5.70. The minimum Gasteiger partial charge on any atom is -0.337 e. The second-order valence-electron chi connectivity index (χ2n) is 2.41. The van der Waals surface area contributed by atoms with E-state index in [1.54, 1.807) is 6.33 Å². The van der Waals surface area contributed by atoms with Crippen LogP contribution in [0, 0.1) is 11.6 Å². The highest BCUT2D eigenvalue weighted by Crippen LogP contribution is 2.32. The van der Waals surface area contributed by atoms with Gasteiger partial charge < -0.3 is 4.98 Å². The van der Waals surface area contributed by atoms with Gasteiger partial charge in [-0.25, -0.2) is 4.98 Å². The minimum absolute atomic E-state index is 0.709. The molecule has 0 unspecified atom stereocenters. The van der Waals surface area contributed by atoms with Gasteiger partial charge in [-0.05, 0) is 12.5 Å². The molecule has 0 bridgehead atoms. The van der Waals surface area contributed by atoms with Crippen LogP contribution in [0.5, 0.6) is 0 Å². The lowest BCUT2D eigenvalue weighted by Crippen LogP contribution is -1.78. The van der Waals surface area contributed by atoms with Gasteiger partial charge in [0.25, 0.3) is 0 Å². The second kappa shape index (κ2) is 2.80. The van der Waals surface area contributed by atoms with Crippen LogP contribution in [0.2, 0.25) is 4.34 Å². The molecule has 2 nitrogen and oxygen atoms in total. The molecule has 0 fully saturated rings. The lowest BCUT2D eigenvalue weighted by atomic mass is 10.3. The van der Waals surface area contributed by atoms with E-state index < -0.39 is 0 Å². The van der Waals surface area contributed by atoms with Gasteiger partial charge in [-0.15, -0.1) is 11.3 Å². The molecule has 0 aliphatic heterocycles. The van der Waals surface area contributed by atoms with Crippen molar-refractivity contribution in [2.24, 2.45) is 0 Å². The third-order valence-electron chi connectivity index (χ3n) is 1.67. The first-order valence-corrected chi connectivity index (χ1v) is 4.92. The Kier molecular flexibility index (Phi) is 1.90. The van der Waals surface area contributed by atoms with Gasteiger partial charge in [-0.2, -0.15) is 0 Å². The Labute approximate surface area is 83.2 Å². The molecule has 2 aromatic rings. The molecule has 0 amide bonds. The zero-order chi connectivity index (χ0) is 8.72. The average Bonchev–Trinajstić information content (AvgIpc) is 2.29. The molecule has 0 aromatic carbocycles. The van der Waals surface area contributed by atoms with E-state index in [0.29, 0.717) is 4.64 Å². The van der Waals surface area contributed by atoms with E-state index in [2.05, 4.69) is 9.97 Å². The van der Waals surface area contributed by atoms with Gasteiger partial charge in [0.2, 0.25) is 0 Å². The summed E-state index contributed by atoms with van der Waals surface area (Å²) in [5.41, 5.74) is 1.02. The van der Waals surface area contributed by atoms with Crippen molar-refractivity contribution in [3.8, 4) is 0 Å². The van der Waals surface area contributed by atoms with Crippen molar-refractivity contribution in [2.75, 3.05) is 0 Å². The summed E-state index contributed by atoms with van der Waals surface area (Å²) in [6.07, 6.45) is 1.59. The topological polar surface area (TPSA) is 28.7 Å². The normalized spacial score (nSPS) is 10.8. The molecule has 0 spiro atoms. The van der Waals surface area contributed by atoms with Crippen LogP contribution in [0.4, 0.5) is 0 Å². The van der Waals surface area contributed by atoms with Gasteiger partial charge in [0, 0.05) is 0 Å². The third-order valence-corrected chi connectivity index (χ3v) is 3.50. The molecule has 0 radical (unpaired) electrons. The fourth-order valence-corrected chi connectivity index (χ4v) is 2.62. The maximum Gasteiger partial charge on any atom is 0.129 e. The molecule has 0 aliphatic rings. The third kappa shape index (κ3) is 1.07. The van der Waals surface area contributed by atoms with Crippen molar-refractivity contribution in [2.45, 2.75) is 6.92 Å². The zero-order valence-electron chi connectivity index (χ0n) is 6.22. The van der Waals surface area contributed by atoms with Crippen molar-refractivity contribution in [1.29, 1.82) is 0 Å². The molecular formula is C7H5ClN2S2. The Balaban J connectivity index is 3.07. The first-order valence-electron chi connectivity index (χ1n) is 3.32. The second-order valence-corrected chi connectivity index (χ2v) is 4.42. The molecule has 1 N–H and O–H groups in total. The number of hydrogen-bond acceptors (Lipinski definition) is 3. The van der Waals surface area contributed by atoms with Crippen molar-refractivity contribution < 1.29 is 0 Å². The molecular weight excluding hydrogens is 212 g/mol. The standard InChI is InChI=1S/C7H5ClN2S2/c1-3-4-6(11)9-2-10-7(4)12-5(3)8/h2H,1H3,(H,9,10,11). The number of aromatic nitrogens is 2. The fourth-order valence-electron chi connectivity index (χ4n) is 1.05. The largest absolute Gasteiger partial charge is 0.337 e. The van der Waals surface area contributed by atoms with Crippen LogP contribution < -0.4 is 0 Å². The summed E-state index contributed by atoms with van der Waals surface area (Å²) in [7, 11) is 0. The number of nitrogens with one attached hydrogen (secondary N) is 1. The Morgan fingerprint density at radius 3 is 3.08 bits per heavy atom. The van der Waals surface area contributed by atoms with Crippen LogP contribution in [-0.2, 0) is 0 Å². The van der Waals surface area contributed by atoms with Crippen molar-refractivity contribution in [3.05, 3.63) is 20.9 Å². The zero-order valence-corrected chi connectivity index (χ0v) is 8.61. The van der Waals surface area contributed by atoms with Crippen molar-refractivity contribution in [1.82, 2.24) is 9.97 Å². The summed E-state index contributed by atoms with van der Waals surface area (Å²) in [5.74, 6) is 0. The average molecular weight is 217 g/mol. The molecule has 0 atom stereocenters. The predicted octanol–water partition coefficient (Wildman–Crippen LogP) is 3.32. The Hall–Kier alpha value is -0.450. The van der Waals surface area contributed by atoms with Crippen LogP contribution in [0.1, 0.15) is 5.56 Å². The maximum atomic E-state index is 5.94. The minimum atomic E-state index is 0.709. The van der Waals surface area contributed by atoms with Gasteiger partial charge >= 0.3 is 0 Å². The summed E-state index contributed by atoms with van der Waals surface area (Å²) in [5, 5.41) is 0.975. The van der Waals surface area contributed by atoms with Crippen molar-refractivity contribution in [3.63, 3.8) is 0 Å². The highest BCUT2D eigenvalue weighted by molar-refractivity contribution is 7.71. The summed E-state index contributed by atoms with van der Waals surface area (Å²) < 4.78 is 1.48. The van der Waals surface area contributed by atoms with Crippen LogP contribution in [-0.4, -0.2) is 9.97 Å². The van der Waals surface area contributed by atoms with E-state index in [9.17, 15) is 0 Å². The smallest absolute Gasteiger partial charge is 0.129 e. The van der Waals surface area contributed by atoms with E-state index in [-0.39, 0.29) is 0 Å². The van der Waals surface area contributed by atoms with Gasteiger partial charge in [0.05, 0.1) is 16.0 Å². The molecule has 0 saturated carbocycles. The van der Waals surface area contributed by atoms with Crippen LogP contribution in [0.3, 0.4) is 0 Å². The quantitative estimate of drug-likeness (QED) is 0.685. The molecule has 0 saturated heterocycles. The summed E-state index contributed by atoms with van der Waals surface area (Å²) in [6, 6.07) is 0. The van der Waals surface area contributed by atoms with E-state index >= 15 is 0 Å². The van der Waals surface area contributed by atoms with E-state index in [1.165, 1.54) is 11.3 Å². The number of halogens is 1. The lowest BCUT2D eigenvalue weighted by molar-refractivity contribution is 1.21. The van der Waals surface area contributed by atoms with Gasteiger partial charge in [0.15, 0.2) is 0 Å². The number of H-pyrrole nitrogens is 1. The highest BCUT2D eigenvalue weighted by atomic mass is 35.5. The number of aromatic amines is 1. The fraction of sp³-hybridized carbons (Fsp3) is 0.143. The highest BCUT2D eigenvalue weighted by Gasteiger charge is 2.07. The summed E-state index contributed by atoms with van der Waals surface area (Å²) in [6.45, 7) is 1.95.